The number of nitrogens with two attached hydrogens (primary N) is 1. The predicted molar refractivity (Wildman–Crippen MR) is 347 cm³/mol. The number of nitrogens with zero attached hydrogens (tertiary/aromatic N) is 6. The Labute approximate surface area is 523 Å². The number of esters is 1. The number of hydrogen-bond donors (Lipinski definition) is 4. The van der Waals surface area contributed by atoms with Crippen molar-refractivity contribution in [2.75, 3.05) is 39.5 Å². The van der Waals surface area contributed by atoms with Crippen molar-refractivity contribution in [3.05, 3.63) is 154 Å². The second-order valence-corrected chi connectivity index (χ2v) is 23.2. The minimum absolute atomic E-state index is 0.0806. The molecule has 3 heterocycles. The van der Waals surface area contributed by atoms with Crippen molar-refractivity contribution in [2.24, 2.45) is 23.0 Å². The number of aryl methyl sites for hydroxylation is 9. The van der Waals surface area contributed by atoms with E-state index in [1.807, 2.05) is 72.7 Å². The molecule has 0 bridgehead atoms. The maximum absolute atomic E-state index is 13.5. The van der Waals surface area contributed by atoms with Gasteiger partial charge in [0, 0.05) is 13.1 Å². The van der Waals surface area contributed by atoms with E-state index in [0.717, 1.165) is 144 Å². The van der Waals surface area contributed by atoms with Crippen molar-refractivity contribution in [2.45, 2.75) is 186 Å². The third kappa shape index (κ3) is 19.8. The van der Waals surface area contributed by atoms with Crippen molar-refractivity contribution in [3.63, 3.8) is 0 Å². The number of nitriles is 2. The number of hydrogen-bond acceptors (Lipinski definition) is 11. The van der Waals surface area contributed by atoms with Gasteiger partial charge < -0.3 is 25.3 Å². The summed E-state index contributed by atoms with van der Waals surface area (Å²) in [6.45, 7) is 49.7. The molecule has 0 radical (unpaired) electrons. The summed E-state index contributed by atoms with van der Waals surface area (Å²) >= 11 is 6.39. The molecule has 5 N–H and O–H groups in total. The number of aromatic nitrogens is 2. The Bertz CT molecular complexity index is 3160. The molecule has 1 aliphatic carbocycles. The highest BCUT2D eigenvalue weighted by Gasteiger charge is 2.35. The summed E-state index contributed by atoms with van der Waals surface area (Å²) in [5, 5.41) is 20.5. The summed E-state index contributed by atoms with van der Waals surface area (Å²) in [6.07, 6.45) is 9.31. The van der Waals surface area contributed by atoms with E-state index in [4.69, 9.17) is 55.2 Å². The Balaban J connectivity index is 0.000000301. The van der Waals surface area contributed by atoms with E-state index in [0.29, 0.717) is 50.1 Å². The monoisotopic (exact) mass is 1210 g/mol. The van der Waals surface area contributed by atoms with Gasteiger partial charge in [0.15, 0.2) is 6.07 Å². The summed E-state index contributed by atoms with van der Waals surface area (Å²) in [5.41, 5.74) is 25.9. The maximum Gasteiger partial charge on any atom is 0.332 e. The molecular formula is C69H95ClN10O7. The van der Waals surface area contributed by atoms with Crippen LogP contribution in [0.1, 0.15) is 169 Å². The third-order valence-electron chi connectivity index (χ3n) is 15.5. The summed E-state index contributed by atoms with van der Waals surface area (Å²) in [6, 6.07) is 15.2. The molecule has 7 rings (SSSR count). The third-order valence-corrected chi connectivity index (χ3v) is 16.2. The van der Waals surface area contributed by atoms with Crippen molar-refractivity contribution in [1.29, 1.82) is 10.5 Å². The van der Waals surface area contributed by atoms with Crippen molar-refractivity contribution < 1.29 is 28.6 Å². The number of primary amides is 1. The molecular weight excluding hydrogens is 1120 g/mol. The van der Waals surface area contributed by atoms with Gasteiger partial charge in [-0.1, -0.05) is 121 Å². The number of benzene rings is 3. The standard InChI is InChI=1S/C23H32N2O4.C14H17ClN2.C14H20N2O2.C14H16N2.C4H10N2O/c1-7-16-13-15(3)14-17(8-2)18(16)19-20(26)24-9-11-28-12-10-25(24)21(19)29-22(27)23(4,5)6;1-5-10-7-9(3)14(15)11(6-2)13(10)12(8-16)17-4;1-4-10-6-9(3)7-11(5-2)12(10)13(14(15)18)16-8-17;1-5-11-7-10(3)8-12(6-2)14(11)13(9-15)16-4;1-3-7-4-2-6-5-1/h13-14H,7-12H2,1-6H3;6,9-10,14H,5,7H2,1-3H3;6-8,13H,4-5H2,1-3H3,(H2,15,18)(H,16,17);7-8,13H,5-6H2,1-3H3;5-6H,1-4H2/b;11-6-,13-12?;;;. The Morgan fingerprint density at radius 3 is 1.64 bits per heavy atom. The highest BCUT2D eigenvalue weighted by Crippen LogP contribution is 2.44. The van der Waals surface area contributed by atoms with Gasteiger partial charge >= 0.3 is 12.0 Å². The van der Waals surface area contributed by atoms with Crippen LogP contribution >= 0.6 is 11.6 Å². The van der Waals surface area contributed by atoms with Crippen LogP contribution in [-0.4, -0.2) is 72.5 Å². The second kappa shape index (κ2) is 36.7. The Morgan fingerprint density at radius 2 is 1.25 bits per heavy atom. The summed E-state index contributed by atoms with van der Waals surface area (Å²) in [5.74, 6) is 0.134. The first-order chi connectivity index (χ1) is 41.5. The van der Waals surface area contributed by atoms with Gasteiger partial charge in [-0.05, 0) is 161 Å². The lowest BCUT2D eigenvalue weighted by atomic mass is 9.73. The first-order valence-corrected chi connectivity index (χ1v) is 31.1. The van der Waals surface area contributed by atoms with Crippen LogP contribution in [0, 0.1) is 73.8 Å². The smallest absolute Gasteiger partial charge is 0.332 e. The van der Waals surface area contributed by atoms with Gasteiger partial charge in [-0.25, -0.2) is 26.0 Å². The number of nitrogens with one attached hydrogen (secondary N) is 3. The number of allylic oxidation sites excluding steroid dienone is 4. The van der Waals surface area contributed by atoms with Gasteiger partial charge in [-0.15, -0.1) is 11.6 Å². The molecule has 5 unspecified atom stereocenters. The lowest BCUT2D eigenvalue weighted by Crippen LogP contribution is -2.34. The molecule has 2 aliphatic heterocycles. The zero-order chi connectivity index (χ0) is 65.1. The lowest BCUT2D eigenvalue weighted by Gasteiger charge is -2.35. The van der Waals surface area contributed by atoms with Crippen molar-refractivity contribution in [3.8, 4) is 29.1 Å². The van der Waals surface area contributed by atoms with Gasteiger partial charge in [0.2, 0.25) is 18.2 Å². The first kappa shape index (κ1) is 73.9. The molecule has 17 nitrogen and oxygen atoms in total. The van der Waals surface area contributed by atoms with Crippen LogP contribution in [0.3, 0.4) is 0 Å². The predicted octanol–water partition coefficient (Wildman–Crippen LogP) is 12.1. The van der Waals surface area contributed by atoms with Gasteiger partial charge in [-0.2, -0.15) is 5.26 Å². The molecule has 4 aromatic rings. The van der Waals surface area contributed by atoms with Crippen molar-refractivity contribution in [1.82, 2.24) is 25.5 Å². The van der Waals surface area contributed by atoms with E-state index in [1.165, 1.54) is 11.1 Å². The van der Waals surface area contributed by atoms with Gasteiger partial charge in [0.25, 0.3) is 11.3 Å². The van der Waals surface area contributed by atoms with Gasteiger partial charge in [0.1, 0.15) is 11.6 Å². The molecule has 1 saturated carbocycles. The first-order valence-electron chi connectivity index (χ1n) is 30.6. The zero-order valence-corrected chi connectivity index (χ0v) is 55.1. The van der Waals surface area contributed by atoms with Crippen LogP contribution in [0.4, 0.5) is 0 Å². The fraction of sp³-hybridized carbons (Fsp3) is 0.536. The summed E-state index contributed by atoms with van der Waals surface area (Å²) < 4.78 is 20.0. The number of carbonyl (C=O) groups is 3. The minimum atomic E-state index is -0.743. The largest absolute Gasteiger partial charge is 0.407 e. The molecule has 3 aromatic carbocycles. The SMILES string of the molecule is C1COCCNN1.CCc1cc(C)cc(CC)c1-c1c(OC(=O)C(C)(C)C)n2n(c1=O)CCOCC2.CCc1cc(C)cc(CC)c1C(NC=O)C(N)=O.[C-]#[N+]C(C#N)=C1/C(=C/C)C(Cl)C(C)CC1CC.[C-]#[N+]C(C#N)c1c(CC)cc(C)cc1CC. The Kier molecular flexibility index (Phi) is 31.2. The fourth-order valence-corrected chi connectivity index (χ4v) is 11.5. The number of hydrazine groups is 1. The topological polar surface area (TPSA) is 224 Å². The van der Waals surface area contributed by atoms with Gasteiger partial charge in [0.05, 0.1) is 68.5 Å². The van der Waals surface area contributed by atoms with E-state index < -0.39 is 23.4 Å². The number of halogens is 1. The second-order valence-electron chi connectivity index (χ2n) is 22.8. The molecule has 2 amide bonds. The summed E-state index contributed by atoms with van der Waals surface area (Å²) in [7, 11) is 0. The average molecular weight is 1210 g/mol. The van der Waals surface area contributed by atoms with E-state index in [2.05, 4.69) is 112 Å². The van der Waals surface area contributed by atoms with E-state index in [1.54, 1.807) is 9.36 Å². The number of carbonyl (C=O) groups excluding carboxylic acids is 3. The molecule has 18 heteroatoms. The quantitative estimate of drug-likeness (QED) is 0.0305. The molecule has 3 aliphatic rings. The number of alkyl halides is 1. The van der Waals surface area contributed by atoms with E-state index >= 15 is 0 Å². The molecule has 5 atom stereocenters. The molecule has 87 heavy (non-hydrogen) atoms. The average Bonchev–Trinajstić information content (AvgIpc) is 1.86. The Hall–Kier alpha value is -7.35. The molecule has 1 saturated heterocycles. The molecule has 2 fully saturated rings. The number of fused-ring (bicyclic) bond motifs is 1. The Morgan fingerprint density at radius 1 is 0.793 bits per heavy atom. The highest BCUT2D eigenvalue weighted by molar-refractivity contribution is 6.23. The summed E-state index contributed by atoms with van der Waals surface area (Å²) in [4.78, 5) is 55.2. The van der Waals surface area contributed by atoms with Gasteiger partial charge in [-0.3, -0.25) is 34.9 Å². The van der Waals surface area contributed by atoms with Crippen LogP contribution in [0.25, 0.3) is 20.8 Å². The molecule has 470 valence electrons. The number of amides is 2. The zero-order valence-electron chi connectivity index (χ0n) is 54.3. The van der Waals surface area contributed by atoms with Crippen LogP contribution in [-0.2, 0) is 75.5 Å². The number of rotatable bonds is 14. The van der Waals surface area contributed by atoms with E-state index in [-0.39, 0.29) is 28.5 Å². The maximum atomic E-state index is 13.5. The van der Waals surface area contributed by atoms with Crippen LogP contribution in [0.15, 0.2) is 64.1 Å². The van der Waals surface area contributed by atoms with Crippen molar-refractivity contribution >= 4 is 29.9 Å². The minimum Gasteiger partial charge on any atom is -0.407 e. The van der Waals surface area contributed by atoms with Crippen LogP contribution in [0.2, 0.25) is 0 Å². The highest BCUT2D eigenvalue weighted by atomic mass is 35.5. The number of ether oxygens (including phenoxy) is 3. The lowest BCUT2D eigenvalue weighted by molar-refractivity contribution is -0.143. The fourth-order valence-electron chi connectivity index (χ4n) is 11.2. The van der Waals surface area contributed by atoms with E-state index in [9.17, 15) is 19.2 Å². The molecule has 1 aromatic heterocycles. The molecule has 0 spiro atoms. The van der Waals surface area contributed by atoms with Crippen LogP contribution < -0.4 is 32.2 Å². The van der Waals surface area contributed by atoms with Crippen LogP contribution in [0.5, 0.6) is 5.88 Å². The normalized spacial score (nSPS) is 18.0.